The molecule has 4 aromatic rings. The fourth-order valence-electron chi connectivity index (χ4n) is 2.84. The van der Waals surface area contributed by atoms with Gasteiger partial charge in [0.15, 0.2) is 6.67 Å². The molecular formula is C24H27Cl2N5OPd. The van der Waals surface area contributed by atoms with Crippen molar-refractivity contribution >= 4 is 6.41 Å². The Balaban J connectivity index is 0.00000117. The molecule has 0 N–H and O–H groups in total. The molecule has 0 spiro atoms. The summed E-state index contributed by atoms with van der Waals surface area (Å²) in [7, 11) is 3.38. The first-order chi connectivity index (χ1) is 14.6. The quantitative estimate of drug-likeness (QED) is 0.0949. The number of amides is 1. The molecule has 2 aromatic carbocycles. The van der Waals surface area contributed by atoms with E-state index in [0.717, 1.165) is 19.5 Å². The van der Waals surface area contributed by atoms with Crippen LogP contribution in [-0.2, 0) is 45.0 Å². The van der Waals surface area contributed by atoms with E-state index in [0.29, 0.717) is 6.67 Å². The zero-order valence-corrected chi connectivity index (χ0v) is 21.6. The van der Waals surface area contributed by atoms with Crippen molar-refractivity contribution in [3.05, 3.63) is 109 Å². The maximum atomic E-state index is 9.43. The number of carbonyl (C=O) groups is 1. The minimum Gasteiger partial charge on any atom is -1.00 e. The Bertz CT molecular complexity index is 961. The molecule has 0 aliphatic carbocycles. The fraction of sp³-hybridized carbons (Fsp3) is 0.208. The number of rotatable bonds is 7. The van der Waals surface area contributed by atoms with Gasteiger partial charge in [0.2, 0.25) is 19.1 Å². The van der Waals surface area contributed by atoms with Gasteiger partial charge in [0.05, 0.1) is 13.1 Å². The monoisotopic (exact) mass is 577 g/mol. The number of nitrogens with zero attached hydrogens (tertiary/aromatic N) is 5. The van der Waals surface area contributed by atoms with Crippen LogP contribution < -0.4 is 33.9 Å². The Labute approximate surface area is 222 Å². The topological polar surface area (TPSA) is 37.9 Å². The van der Waals surface area contributed by atoms with Crippen LogP contribution in [-0.4, -0.2) is 34.5 Å². The van der Waals surface area contributed by atoms with Gasteiger partial charge in [-0.3, -0.25) is 4.79 Å². The zero-order chi connectivity index (χ0) is 21.2. The molecule has 1 amide bonds. The number of imidazole rings is 2. The fourth-order valence-corrected chi connectivity index (χ4v) is 2.84. The molecule has 9 heteroatoms. The molecule has 33 heavy (non-hydrogen) atoms. The Morgan fingerprint density at radius 3 is 1.48 bits per heavy atom. The summed E-state index contributed by atoms with van der Waals surface area (Å²) in [6, 6.07) is 20.8. The Morgan fingerprint density at radius 2 is 1.15 bits per heavy atom. The average molecular weight is 579 g/mol. The van der Waals surface area contributed by atoms with Gasteiger partial charge in [-0.2, -0.15) is 0 Å². The van der Waals surface area contributed by atoms with Crippen LogP contribution in [0, 0.1) is 12.7 Å². The molecule has 0 unspecified atom stereocenters. The van der Waals surface area contributed by atoms with Crippen LogP contribution in [0.15, 0.2) is 85.5 Å². The van der Waals surface area contributed by atoms with Crippen LogP contribution in [0.2, 0.25) is 0 Å². The third-order valence-corrected chi connectivity index (χ3v) is 4.27. The van der Waals surface area contributed by atoms with E-state index in [-0.39, 0.29) is 45.2 Å². The molecule has 0 aliphatic rings. The van der Waals surface area contributed by atoms with Crippen molar-refractivity contribution in [1.29, 1.82) is 0 Å². The number of benzene rings is 2. The number of hydrogen-bond donors (Lipinski definition) is 0. The molecule has 2 aromatic heterocycles. The van der Waals surface area contributed by atoms with Gasteiger partial charge in [0.1, 0.15) is 0 Å². The van der Waals surface area contributed by atoms with Crippen molar-refractivity contribution in [2.45, 2.75) is 19.8 Å². The number of halogens is 2. The van der Waals surface area contributed by atoms with Crippen LogP contribution in [0.3, 0.4) is 0 Å². The molecule has 2 heterocycles. The molecule has 0 saturated carbocycles. The van der Waals surface area contributed by atoms with Gasteiger partial charge >= 0.3 is 20.4 Å². The van der Waals surface area contributed by atoms with Gasteiger partial charge < -0.3 is 48.0 Å². The maximum Gasteiger partial charge on any atom is 2.00 e. The number of carbonyl (C=O) groups excluding carboxylic acids is 1. The summed E-state index contributed by atoms with van der Waals surface area (Å²) in [5.41, 5.74) is 2.55. The largest absolute Gasteiger partial charge is 2.00 e. The van der Waals surface area contributed by atoms with Crippen molar-refractivity contribution in [3.8, 4) is 0 Å². The van der Waals surface area contributed by atoms with Crippen LogP contribution >= 0.6 is 0 Å². The average Bonchev–Trinajstić information content (AvgIpc) is 3.39. The van der Waals surface area contributed by atoms with Gasteiger partial charge in [-0.05, 0) is 35.9 Å². The summed E-state index contributed by atoms with van der Waals surface area (Å²) in [6.07, 6.45) is 15.6. The third kappa shape index (κ3) is 10.8. The molecule has 0 bridgehead atoms. The second-order valence-electron chi connectivity index (χ2n) is 7.17. The standard InChI is InChI=1S/C21H20N4.C3H7NO.2ClH.Pd/c1-3-7-20(8-4-1)15-22-11-13-24(17-22)19-25-14-12-23(18-25)16-21-9-5-2-6-10-21;1-4(2)3-5;;;/h1-14H,15-16,19H2;3H,1-2H3;2*1H;/q;;;;+2/p-2. The van der Waals surface area contributed by atoms with E-state index in [1.165, 1.54) is 16.0 Å². The van der Waals surface area contributed by atoms with E-state index >= 15 is 0 Å². The van der Waals surface area contributed by atoms with E-state index in [2.05, 4.69) is 82.7 Å². The molecule has 6 nitrogen and oxygen atoms in total. The molecule has 0 fully saturated rings. The van der Waals surface area contributed by atoms with E-state index in [4.69, 9.17) is 0 Å². The first kappa shape index (κ1) is 30.6. The predicted molar refractivity (Wildman–Crippen MR) is 113 cm³/mol. The summed E-state index contributed by atoms with van der Waals surface area (Å²) in [5.74, 6) is 0. The number of aromatic nitrogens is 4. The van der Waals surface area contributed by atoms with Crippen LogP contribution in [0.1, 0.15) is 11.1 Å². The second-order valence-corrected chi connectivity index (χ2v) is 7.17. The van der Waals surface area contributed by atoms with Crippen molar-refractivity contribution in [2.24, 2.45) is 0 Å². The molecule has 4 rings (SSSR count). The SMILES string of the molecule is CN(C)C=O.[Cl-].[Cl-].[Pd+2].[c-]1n(Cn2[c-][n+](Cc3ccccc3)cc2)cc[n+]1Cc1ccccc1. The van der Waals surface area contributed by atoms with E-state index in [9.17, 15) is 4.79 Å². The van der Waals surface area contributed by atoms with Crippen LogP contribution in [0.4, 0.5) is 0 Å². The summed E-state index contributed by atoms with van der Waals surface area (Å²) >= 11 is 0. The van der Waals surface area contributed by atoms with Gasteiger partial charge in [0, 0.05) is 14.1 Å². The van der Waals surface area contributed by atoms with Gasteiger partial charge in [-0.15, -0.1) is 0 Å². The van der Waals surface area contributed by atoms with Crippen molar-refractivity contribution in [3.63, 3.8) is 0 Å². The second kappa shape index (κ2) is 16.2. The van der Waals surface area contributed by atoms with Crippen molar-refractivity contribution in [2.75, 3.05) is 14.1 Å². The van der Waals surface area contributed by atoms with E-state index < -0.39 is 0 Å². The minimum atomic E-state index is 0. The molecule has 0 aliphatic heterocycles. The third-order valence-electron chi connectivity index (χ3n) is 4.27. The summed E-state index contributed by atoms with van der Waals surface area (Å²) < 4.78 is 8.20. The van der Waals surface area contributed by atoms with Crippen molar-refractivity contribution < 1.29 is 59.2 Å². The van der Waals surface area contributed by atoms with Gasteiger partial charge in [0.25, 0.3) is 0 Å². The predicted octanol–water partition coefficient (Wildman–Crippen LogP) is -4.22. The molecule has 0 radical (unpaired) electrons. The summed E-state index contributed by atoms with van der Waals surface area (Å²) in [6.45, 7) is 2.36. The summed E-state index contributed by atoms with van der Waals surface area (Å²) in [5, 5.41) is 0. The normalized spacial score (nSPS) is 9.27. The first-order valence-electron chi connectivity index (χ1n) is 9.78. The van der Waals surface area contributed by atoms with E-state index in [1.807, 2.05) is 33.7 Å². The Kier molecular flexibility index (Phi) is 15.0. The first-order valence-corrected chi connectivity index (χ1v) is 9.78. The van der Waals surface area contributed by atoms with Crippen LogP contribution in [0.5, 0.6) is 0 Å². The smallest absolute Gasteiger partial charge is 1.00 e. The van der Waals surface area contributed by atoms with Gasteiger partial charge in [-0.1, -0.05) is 60.7 Å². The molecule has 178 valence electrons. The molecule has 0 saturated heterocycles. The maximum absolute atomic E-state index is 9.43. The minimum absolute atomic E-state index is 0. The molecule has 0 atom stereocenters. The summed E-state index contributed by atoms with van der Waals surface area (Å²) in [4.78, 5) is 10.9. The van der Waals surface area contributed by atoms with Crippen LogP contribution in [0.25, 0.3) is 0 Å². The van der Waals surface area contributed by atoms with Crippen molar-refractivity contribution in [1.82, 2.24) is 14.0 Å². The van der Waals surface area contributed by atoms with E-state index in [1.54, 1.807) is 14.1 Å². The number of hydrogen-bond acceptors (Lipinski definition) is 1. The Morgan fingerprint density at radius 1 is 0.788 bits per heavy atom. The zero-order valence-electron chi connectivity index (χ0n) is 18.5. The molecular weight excluding hydrogens is 552 g/mol. The Hall–Kier alpha value is -2.43. The van der Waals surface area contributed by atoms with Gasteiger partial charge in [-0.25, -0.2) is 0 Å².